The SMILES string of the molecule is C=C/C(C)=C(\C=NCCN1CC(C(=O)C2CC2)=C(/C=C\N=C)C1=O)OCC(F)F. The second kappa shape index (κ2) is 10.6. The second-order valence-electron chi connectivity index (χ2n) is 6.74. The van der Waals surface area contributed by atoms with Crippen molar-refractivity contribution in [3.63, 3.8) is 0 Å². The zero-order valence-electron chi connectivity index (χ0n) is 16.4. The summed E-state index contributed by atoms with van der Waals surface area (Å²) in [6, 6.07) is 0. The average Bonchev–Trinajstić information content (AvgIpc) is 3.50. The van der Waals surface area contributed by atoms with Gasteiger partial charge in [0.25, 0.3) is 12.3 Å². The maximum Gasteiger partial charge on any atom is 0.272 e. The number of carbonyl (C=O) groups excluding carboxylic acids is 2. The standard InChI is InChI=1S/C21H25F2N3O3/c1-4-14(2)18(29-13-19(22)23)11-25-9-10-26-12-17(20(27)15-5-6-15)16(21(26)28)7-8-24-3/h4,7-8,11,15,19H,1,3,5-6,9-10,12-13H2,2H3/b8-7-,18-14+,25-11?. The van der Waals surface area contributed by atoms with Gasteiger partial charge in [0.15, 0.2) is 5.78 Å². The molecule has 0 N–H and O–H groups in total. The van der Waals surface area contributed by atoms with Crippen molar-refractivity contribution in [3.8, 4) is 0 Å². The van der Waals surface area contributed by atoms with Crippen LogP contribution in [0.2, 0.25) is 0 Å². The van der Waals surface area contributed by atoms with Crippen LogP contribution in [-0.2, 0) is 14.3 Å². The molecular weight excluding hydrogens is 380 g/mol. The highest BCUT2D eigenvalue weighted by molar-refractivity contribution is 6.12. The molecule has 0 radical (unpaired) electrons. The monoisotopic (exact) mass is 405 g/mol. The number of nitrogens with zero attached hydrogens (tertiary/aromatic N) is 3. The highest BCUT2D eigenvalue weighted by Crippen LogP contribution is 2.35. The predicted octanol–water partition coefficient (Wildman–Crippen LogP) is 3.13. The molecule has 0 unspecified atom stereocenters. The number of alkyl halides is 2. The van der Waals surface area contributed by atoms with Crippen LogP contribution < -0.4 is 0 Å². The van der Waals surface area contributed by atoms with E-state index in [1.165, 1.54) is 24.6 Å². The Balaban J connectivity index is 2.00. The molecule has 0 aromatic carbocycles. The quantitative estimate of drug-likeness (QED) is 0.285. The first kappa shape index (κ1) is 22.4. The van der Waals surface area contributed by atoms with Gasteiger partial charge in [-0.3, -0.25) is 19.6 Å². The summed E-state index contributed by atoms with van der Waals surface area (Å²) in [7, 11) is 0. The van der Waals surface area contributed by atoms with Crippen LogP contribution in [0.5, 0.6) is 0 Å². The molecule has 1 fully saturated rings. The van der Waals surface area contributed by atoms with E-state index < -0.39 is 13.0 Å². The fourth-order valence-electron chi connectivity index (χ4n) is 2.76. The summed E-state index contributed by atoms with van der Waals surface area (Å²) < 4.78 is 29.8. The minimum atomic E-state index is -2.59. The van der Waals surface area contributed by atoms with E-state index >= 15 is 0 Å². The van der Waals surface area contributed by atoms with E-state index in [-0.39, 0.29) is 43.0 Å². The fourth-order valence-corrected chi connectivity index (χ4v) is 2.76. The van der Waals surface area contributed by atoms with E-state index in [2.05, 4.69) is 23.3 Å². The van der Waals surface area contributed by atoms with Crippen LogP contribution >= 0.6 is 0 Å². The van der Waals surface area contributed by atoms with Gasteiger partial charge >= 0.3 is 0 Å². The lowest BCUT2D eigenvalue weighted by Crippen LogP contribution is -2.30. The van der Waals surface area contributed by atoms with Crippen LogP contribution in [0.25, 0.3) is 0 Å². The average molecular weight is 405 g/mol. The van der Waals surface area contributed by atoms with Gasteiger partial charge in [-0.1, -0.05) is 12.7 Å². The van der Waals surface area contributed by atoms with Crippen molar-refractivity contribution in [2.24, 2.45) is 15.9 Å². The molecule has 1 amide bonds. The first-order valence-corrected chi connectivity index (χ1v) is 9.32. The van der Waals surface area contributed by atoms with Crippen molar-refractivity contribution in [2.75, 3.05) is 26.2 Å². The number of hydrogen-bond acceptors (Lipinski definition) is 5. The topological polar surface area (TPSA) is 71.3 Å². The maximum atomic E-state index is 12.6. The molecule has 2 rings (SSSR count). The number of Topliss-reactive ketones (excluding diaryl/α,β-unsaturated/α-hetero) is 1. The minimum absolute atomic E-state index is 0.0115. The summed E-state index contributed by atoms with van der Waals surface area (Å²) in [6.07, 6.45) is 4.87. The van der Waals surface area contributed by atoms with Crippen molar-refractivity contribution in [1.82, 2.24) is 4.90 Å². The summed E-state index contributed by atoms with van der Waals surface area (Å²) in [5.41, 5.74) is 1.43. The fraction of sp³-hybridized carbons (Fsp3) is 0.429. The van der Waals surface area contributed by atoms with Crippen LogP contribution in [0, 0.1) is 5.92 Å². The summed E-state index contributed by atoms with van der Waals surface area (Å²) in [6.45, 7) is 8.63. The van der Waals surface area contributed by atoms with Crippen LogP contribution in [-0.4, -0.2) is 62.2 Å². The molecule has 1 aliphatic carbocycles. The summed E-state index contributed by atoms with van der Waals surface area (Å²) in [4.78, 5) is 34.5. The summed E-state index contributed by atoms with van der Waals surface area (Å²) >= 11 is 0. The number of ketones is 1. The minimum Gasteiger partial charge on any atom is -0.486 e. The Morgan fingerprint density at radius 2 is 2.14 bits per heavy atom. The Morgan fingerprint density at radius 3 is 2.72 bits per heavy atom. The van der Waals surface area contributed by atoms with Gasteiger partial charge in [0.2, 0.25) is 0 Å². The lowest BCUT2D eigenvalue weighted by atomic mass is 10.0. The van der Waals surface area contributed by atoms with Gasteiger partial charge in [-0.2, -0.15) is 0 Å². The molecule has 0 saturated heterocycles. The van der Waals surface area contributed by atoms with Gasteiger partial charge in [0, 0.05) is 29.8 Å². The van der Waals surface area contributed by atoms with Crippen LogP contribution in [0.3, 0.4) is 0 Å². The Bertz CT molecular complexity index is 793. The number of hydrogen-bond donors (Lipinski definition) is 0. The van der Waals surface area contributed by atoms with E-state index in [0.717, 1.165) is 12.8 Å². The Hall–Kier alpha value is -2.90. The number of rotatable bonds is 12. The number of ether oxygens (including phenoxy) is 1. The normalized spacial score (nSPS) is 18.2. The van der Waals surface area contributed by atoms with Gasteiger partial charge in [-0.25, -0.2) is 8.78 Å². The maximum absolute atomic E-state index is 12.6. The number of carbonyl (C=O) groups is 2. The third-order valence-corrected chi connectivity index (χ3v) is 4.55. The molecule has 0 bridgehead atoms. The largest absolute Gasteiger partial charge is 0.486 e. The third-order valence-electron chi connectivity index (χ3n) is 4.55. The smallest absolute Gasteiger partial charge is 0.272 e. The molecule has 0 atom stereocenters. The van der Waals surface area contributed by atoms with E-state index in [1.807, 2.05) is 0 Å². The van der Waals surface area contributed by atoms with Crippen LogP contribution in [0.1, 0.15) is 19.8 Å². The predicted molar refractivity (Wildman–Crippen MR) is 108 cm³/mol. The highest BCUT2D eigenvalue weighted by Gasteiger charge is 2.38. The van der Waals surface area contributed by atoms with Crippen LogP contribution in [0.15, 0.2) is 57.4 Å². The molecule has 0 aromatic heterocycles. The molecule has 1 heterocycles. The third kappa shape index (κ3) is 6.30. The van der Waals surface area contributed by atoms with Gasteiger partial charge < -0.3 is 9.64 Å². The lowest BCUT2D eigenvalue weighted by molar-refractivity contribution is -0.125. The zero-order valence-corrected chi connectivity index (χ0v) is 16.4. The van der Waals surface area contributed by atoms with E-state index in [0.29, 0.717) is 16.7 Å². The molecule has 0 spiro atoms. The van der Waals surface area contributed by atoms with Crippen molar-refractivity contribution in [2.45, 2.75) is 26.2 Å². The molecule has 29 heavy (non-hydrogen) atoms. The number of aliphatic imine (C=N–C) groups is 2. The van der Waals surface area contributed by atoms with E-state index in [9.17, 15) is 18.4 Å². The lowest BCUT2D eigenvalue weighted by Gasteiger charge is -2.15. The molecule has 0 aromatic rings. The van der Waals surface area contributed by atoms with Crippen molar-refractivity contribution in [3.05, 3.63) is 47.4 Å². The molecule has 8 heteroatoms. The summed E-state index contributed by atoms with van der Waals surface area (Å²) in [5.74, 6) is -0.0229. The second-order valence-corrected chi connectivity index (χ2v) is 6.74. The van der Waals surface area contributed by atoms with Gasteiger partial charge in [0.1, 0.15) is 12.4 Å². The molecule has 1 aliphatic heterocycles. The first-order chi connectivity index (χ1) is 13.9. The van der Waals surface area contributed by atoms with Gasteiger partial charge in [-0.05, 0) is 38.1 Å². The Kier molecular flexibility index (Phi) is 8.18. The van der Waals surface area contributed by atoms with E-state index in [1.54, 1.807) is 11.8 Å². The molecular formula is C21H25F2N3O3. The highest BCUT2D eigenvalue weighted by atomic mass is 19.3. The first-order valence-electron chi connectivity index (χ1n) is 9.32. The number of halogens is 2. The van der Waals surface area contributed by atoms with Gasteiger partial charge in [-0.15, -0.1) is 0 Å². The summed E-state index contributed by atoms with van der Waals surface area (Å²) in [5, 5.41) is 0. The molecule has 156 valence electrons. The zero-order chi connectivity index (χ0) is 21.4. The van der Waals surface area contributed by atoms with Gasteiger partial charge in [0.05, 0.1) is 19.3 Å². The molecule has 2 aliphatic rings. The van der Waals surface area contributed by atoms with Crippen molar-refractivity contribution < 1.29 is 23.1 Å². The van der Waals surface area contributed by atoms with Crippen LogP contribution in [0.4, 0.5) is 8.78 Å². The molecule has 6 nitrogen and oxygen atoms in total. The van der Waals surface area contributed by atoms with Crippen molar-refractivity contribution in [1.29, 1.82) is 0 Å². The van der Waals surface area contributed by atoms with E-state index in [4.69, 9.17) is 4.74 Å². The number of amides is 1. The molecule has 1 saturated carbocycles. The Labute approximate surface area is 169 Å². The number of allylic oxidation sites excluding steroid dienone is 3. The Morgan fingerprint density at radius 1 is 1.41 bits per heavy atom. The van der Waals surface area contributed by atoms with Crippen molar-refractivity contribution >= 4 is 24.6 Å².